The van der Waals surface area contributed by atoms with E-state index in [0.717, 1.165) is 23.4 Å². The first-order valence-electron chi connectivity index (χ1n) is 9.82. The summed E-state index contributed by atoms with van der Waals surface area (Å²) in [4.78, 5) is 24.2. The first-order chi connectivity index (χ1) is 13.5. The van der Waals surface area contributed by atoms with Crippen molar-refractivity contribution in [1.82, 2.24) is 10.6 Å². The van der Waals surface area contributed by atoms with E-state index in [1.807, 2.05) is 24.3 Å². The molecule has 2 aromatic carbocycles. The Morgan fingerprint density at radius 2 is 1.93 bits per heavy atom. The molecule has 28 heavy (non-hydrogen) atoms. The molecule has 1 atom stereocenters. The number of rotatable bonds is 8. The zero-order valence-electron chi connectivity index (χ0n) is 16.3. The SMILES string of the molecule is Cc1ccc(C[C@]2(CCC(=O)NCCc3ccccc3Cl)CCC(=O)N2)cc1. The zero-order valence-corrected chi connectivity index (χ0v) is 17.0. The summed E-state index contributed by atoms with van der Waals surface area (Å²) in [5.74, 6) is 0.0859. The molecule has 2 N–H and O–H groups in total. The topological polar surface area (TPSA) is 58.2 Å². The number of aryl methyl sites for hydroxylation is 1. The highest BCUT2D eigenvalue weighted by Crippen LogP contribution is 2.29. The van der Waals surface area contributed by atoms with Gasteiger partial charge in [-0.25, -0.2) is 0 Å². The number of carbonyl (C=O) groups excluding carboxylic acids is 2. The monoisotopic (exact) mass is 398 g/mol. The van der Waals surface area contributed by atoms with Gasteiger partial charge in [0.15, 0.2) is 0 Å². The van der Waals surface area contributed by atoms with Crippen LogP contribution in [0.4, 0.5) is 0 Å². The number of benzene rings is 2. The van der Waals surface area contributed by atoms with Crippen LogP contribution in [-0.4, -0.2) is 23.9 Å². The highest BCUT2D eigenvalue weighted by Gasteiger charge is 2.37. The second kappa shape index (κ2) is 9.24. The van der Waals surface area contributed by atoms with Crippen molar-refractivity contribution >= 4 is 23.4 Å². The Labute approximate surface area is 171 Å². The lowest BCUT2D eigenvalue weighted by molar-refractivity contribution is -0.122. The van der Waals surface area contributed by atoms with Crippen molar-refractivity contribution in [3.05, 3.63) is 70.2 Å². The van der Waals surface area contributed by atoms with E-state index in [-0.39, 0.29) is 17.4 Å². The second-order valence-corrected chi connectivity index (χ2v) is 8.09. The zero-order chi connectivity index (χ0) is 20.0. The maximum atomic E-state index is 12.3. The average molecular weight is 399 g/mol. The maximum Gasteiger partial charge on any atom is 0.220 e. The highest BCUT2D eigenvalue weighted by molar-refractivity contribution is 6.31. The molecule has 1 fully saturated rings. The van der Waals surface area contributed by atoms with Crippen LogP contribution in [0.5, 0.6) is 0 Å². The Morgan fingerprint density at radius 1 is 1.18 bits per heavy atom. The molecule has 0 aromatic heterocycles. The third-order valence-corrected chi connectivity index (χ3v) is 5.77. The summed E-state index contributed by atoms with van der Waals surface area (Å²) >= 11 is 6.15. The van der Waals surface area contributed by atoms with E-state index >= 15 is 0 Å². The average Bonchev–Trinajstić information content (AvgIpc) is 3.04. The van der Waals surface area contributed by atoms with Crippen LogP contribution in [-0.2, 0) is 22.4 Å². The van der Waals surface area contributed by atoms with Gasteiger partial charge < -0.3 is 10.6 Å². The molecular formula is C23H27ClN2O2. The fraction of sp³-hybridized carbons (Fsp3) is 0.391. The Balaban J connectivity index is 1.52. The third-order valence-electron chi connectivity index (χ3n) is 5.40. The molecule has 0 radical (unpaired) electrons. The van der Waals surface area contributed by atoms with Crippen LogP contribution in [0, 0.1) is 6.92 Å². The lowest BCUT2D eigenvalue weighted by atomic mass is 9.84. The van der Waals surface area contributed by atoms with E-state index in [4.69, 9.17) is 11.6 Å². The van der Waals surface area contributed by atoms with Gasteiger partial charge in [0, 0.05) is 29.9 Å². The minimum Gasteiger partial charge on any atom is -0.356 e. The molecule has 1 aliphatic heterocycles. The minimum absolute atomic E-state index is 0.0106. The molecule has 3 rings (SSSR count). The molecule has 0 bridgehead atoms. The summed E-state index contributed by atoms with van der Waals surface area (Å²) in [6.07, 6.45) is 3.80. The van der Waals surface area contributed by atoms with Crippen molar-refractivity contribution in [3.63, 3.8) is 0 Å². The van der Waals surface area contributed by atoms with Crippen molar-refractivity contribution in [2.45, 2.75) is 51.0 Å². The summed E-state index contributed by atoms with van der Waals surface area (Å²) in [5, 5.41) is 6.84. The van der Waals surface area contributed by atoms with Crippen LogP contribution in [0.25, 0.3) is 0 Å². The van der Waals surface area contributed by atoms with E-state index in [1.165, 1.54) is 11.1 Å². The number of amides is 2. The van der Waals surface area contributed by atoms with Gasteiger partial charge in [-0.05, 0) is 49.8 Å². The van der Waals surface area contributed by atoms with Crippen molar-refractivity contribution < 1.29 is 9.59 Å². The molecule has 1 aliphatic rings. The van der Waals surface area contributed by atoms with E-state index in [1.54, 1.807) is 0 Å². The lowest BCUT2D eigenvalue weighted by Gasteiger charge is -2.29. The molecule has 1 heterocycles. The number of nitrogens with one attached hydrogen (secondary N) is 2. The second-order valence-electron chi connectivity index (χ2n) is 7.68. The van der Waals surface area contributed by atoms with E-state index in [9.17, 15) is 9.59 Å². The van der Waals surface area contributed by atoms with Crippen LogP contribution >= 0.6 is 11.6 Å². The molecule has 0 aliphatic carbocycles. The van der Waals surface area contributed by atoms with Crippen molar-refractivity contribution in [1.29, 1.82) is 0 Å². The molecular weight excluding hydrogens is 372 g/mol. The Hall–Kier alpha value is -2.33. The molecule has 2 aromatic rings. The van der Waals surface area contributed by atoms with Gasteiger partial charge in [0.2, 0.25) is 11.8 Å². The standard InChI is InChI=1S/C23H27ClN2O2/c1-17-6-8-18(9-7-17)16-23(14-11-22(28)26-23)13-10-21(27)25-15-12-19-4-2-3-5-20(19)24/h2-9H,10-16H2,1H3,(H,25,27)(H,26,28)/t23-/m0/s1. The molecule has 4 nitrogen and oxygen atoms in total. The van der Waals surface area contributed by atoms with E-state index < -0.39 is 0 Å². The summed E-state index contributed by atoms with van der Waals surface area (Å²) in [5.41, 5.74) is 3.10. The van der Waals surface area contributed by atoms with Crippen molar-refractivity contribution in [3.8, 4) is 0 Å². The quantitative estimate of drug-likeness (QED) is 0.706. The van der Waals surface area contributed by atoms with Crippen LogP contribution in [0.1, 0.15) is 42.4 Å². The highest BCUT2D eigenvalue weighted by atomic mass is 35.5. The number of carbonyl (C=O) groups is 2. The van der Waals surface area contributed by atoms with Gasteiger partial charge in [0.05, 0.1) is 0 Å². The van der Waals surface area contributed by atoms with Gasteiger partial charge in [-0.3, -0.25) is 9.59 Å². The van der Waals surface area contributed by atoms with Gasteiger partial charge in [0.25, 0.3) is 0 Å². The molecule has 2 amide bonds. The Morgan fingerprint density at radius 3 is 2.61 bits per heavy atom. The summed E-state index contributed by atoms with van der Waals surface area (Å²) in [7, 11) is 0. The van der Waals surface area contributed by atoms with Crippen molar-refractivity contribution in [2.75, 3.05) is 6.54 Å². The number of halogens is 1. The molecule has 148 valence electrons. The van der Waals surface area contributed by atoms with Gasteiger partial charge in [-0.15, -0.1) is 0 Å². The molecule has 1 saturated heterocycles. The molecule has 0 unspecified atom stereocenters. The van der Waals surface area contributed by atoms with E-state index in [0.29, 0.717) is 32.2 Å². The molecule has 0 saturated carbocycles. The summed E-state index contributed by atoms with van der Waals surface area (Å²) < 4.78 is 0. The van der Waals surface area contributed by atoms with Crippen molar-refractivity contribution in [2.24, 2.45) is 0 Å². The molecule has 5 heteroatoms. The fourth-order valence-electron chi connectivity index (χ4n) is 3.76. The largest absolute Gasteiger partial charge is 0.356 e. The molecule has 0 spiro atoms. The van der Waals surface area contributed by atoms with Gasteiger partial charge in [-0.2, -0.15) is 0 Å². The van der Waals surface area contributed by atoms with Gasteiger partial charge >= 0.3 is 0 Å². The van der Waals surface area contributed by atoms with Crippen LogP contribution in [0.2, 0.25) is 5.02 Å². The summed E-state index contributed by atoms with van der Waals surface area (Å²) in [6, 6.07) is 16.0. The normalized spacial score (nSPS) is 18.7. The Kier molecular flexibility index (Phi) is 6.74. The van der Waals surface area contributed by atoms with Gasteiger partial charge in [-0.1, -0.05) is 59.6 Å². The number of hydrogen-bond acceptors (Lipinski definition) is 2. The van der Waals surface area contributed by atoms with E-state index in [2.05, 4.69) is 41.8 Å². The predicted octanol–water partition coefficient (Wildman–Crippen LogP) is 3.98. The van der Waals surface area contributed by atoms with Crippen LogP contribution in [0.15, 0.2) is 48.5 Å². The summed E-state index contributed by atoms with van der Waals surface area (Å²) in [6.45, 7) is 2.61. The third kappa shape index (κ3) is 5.59. The fourth-order valence-corrected chi connectivity index (χ4v) is 3.99. The van der Waals surface area contributed by atoms with Gasteiger partial charge in [0.1, 0.15) is 0 Å². The minimum atomic E-state index is -0.327. The number of hydrogen-bond donors (Lipinski definition) is 2. The Bertz CT molecular complexity index is 835. The first-order valence-corrected chi connectivity index (χ1v) is 10.2. The predicted molar refractivity (Wildman–Crippen MR) is 112 cm³/mol. The maximum absolute atomic E-state index is 12.3. The lowest BCUT2D eigenvalue weighted by Crippen LogP contribution is -2.44. The smallest absolute Gasteiger partial charge is 0.220 e. The van der Waals surface area contributed by atoms with Crippen LogP contribution in [0.3, 0.4) is 0 Å². The van der Waals surface area contributed by atoms with Crippen LogP contribution < -0.4 is 10.6 Å². The first kappa shape index (κ1) is 20.4.